The van der Waals surface area contributed by atoms with E-state index in [4.69, 9.17) is 10.9 Å². The van der Waals surface area contributed by atoms with Crippen molar-refractivity contribution in [2.45, 2.75) is 19.3 Å². The molecule has 19 heavy (non-hydrogen) atoms. The molecular formula is C11H22N4O3S. The summed E-state index contributed by atoms with van der Waals surface area (Å²) in [6, 6.07) is 0. The molecule has 2 atom stereocenters. The minimum Gasteiger partial charge on any atom is -0.340 e. The first-order valence-electron chi connectivity index (χ1n) is 6.70. The molecule has 0 aromatic heterocycles. The maximum Gasteiger partial charge on any atom is 0.277 e. The maximum absolute atomic E-state index is 12.4. The lowest BCUT2D eigenvalue weighted by Gasteiger charge is -2.35. The van der Waals surface area contributed by atoms with Crippen LogP contribution in [0.2, 0.25) is 0 Å². The fraction of sp³-hybridized carbons (Fsp3) is 0.909. The SMILES string of the molecule is NCC1CCCC1C(=O)N1CCN(S(N)(=O)=O)CC1. The summed E-state index contributed by atoms with van der Waals surface area (Å²) < 4.78 is 23.6. The zero-order chi connectivity index (χ0) is 14.0. The molecule has 0 aromatic rings. The van der Waals surface area contributed by atoms with Crippen LogP contribution in [0.5, 0.6) is 0 Å². The third-order valence-electron chi connectivity index (χ3n) is 4.19. The number of carbonyl (C=O) groups is 1. The summed E-state index contributed by atoms with van der Waals surface area (Å²) in [7, 11) is -3.63. The highest BCUT2D eigenvalue weighted by Gasteiger charge is 2.36. The molecule has 1 saturated carbocycles. The van der Waals surface area contributed by atoms with Gasteiger partial charge in [-0.05, 0) is 25.3 Å². The number of rotatable bonds is 3. The minimum atomic E-state index is -3.63. The van der Waals surface area contributed by atoms with Crippen molar-refractivity contribution in [3.05, 3.63) is 0 Å². The van der Waals surface area contributed by atoms with Gasteiger partial charge >= 0.3 is 0 Å². The average molecular weight is 290 g/mol. The van der Waals surface area contributed by atoms with Gasteiger partial charge in [-0.2, -0.15) is 12.7 Å². The largest absolute Gasteiger partial charge is 0.340 e. The first kappa shape index (κ1) is 14.7. The summed E-state index contributed by atoms with van der Waals surface area (Å²) in [5.74, 6) is 0.428. The molecular weight excluding hydrogens is 268 g/mol. The van der Waals surface area contributed by atoms with Crippen molar-refractivity contribution in [3.63, 3.8) is 0 Å². The summed E-state index contributed by atoms with van der Waals surface area (Å²) in [4.78, 5) is 14.1. The van der Waals surface area contributed by atoms with E-state index in [1.165, 1.54) is 4.31 Å². The summed E-state index contributed by atoms with van der Waals surface area (Å²) in [6.45, 7) is 1.95. The van der Waals surface area contributed by atoms with Crippen molar-refractivity contribution in [2.75, 3.05) is 32.7 Å². The lowest BCUT2D eigenvalue weighted by Crippen LogP contribution is -2.53. The van der Waals surface area contributed by atoms with Crippen LogP contribution < -0.4 is 10.9 Å². The lowest BCUT2D eigenvalue weighted by molar-refractivity contribution is -0.137. The molecule has 2 rings (SSSR count). The Labute approximate surface area is 114 Å². The Morgan fingerprint density at radius 3 is 2.32 bits per heavy atom. The number of nitrogens with zero attached hydrogens (tertiary/aromatic N) is 2. The highest BCUT2D eigenvalue weighted by Crippen LogP contribution is 2.32. The molecule has 110 valence electrons. The second-order valence-electron chi connectivity index (χ2n) is 5.30. The number of nitrogens with two attached hydrogens (primary N) is 2. The van der Waals surface area contributed by atoms with Crippen molar-refractivity contribution in [3.8, 4) is 0 Å². The Balaban J connectivity index is 1.92. The predicted octanol–water partition coefficient (Wildman–Crippen LogP) is -1.29. The standard InChI is InChI=1S/C11H22N4O3S/c12-8-9-2-1-3-10(9)11(16)14-4-6-15(7-5-14)19(13,17)18/h9-10H,1-8,12H2,(H2,13,17,18). The van der Waals surface area contributed by atoms with Gasteiger partial charge in [0.25, 0.3) is 10.2 Å². The van der Waals surface area contributed by atoms with E-state index >= 15 is 0 Å². The van der Waals surface area contributed by atoms with Gasteiger partial charge in [0.05, 0.1) is 0 Å². The number of piperazine rings is 1. The molecule has 0 bridgehead atoms. The summed E-state index contributed by atoms with van der Waals surface area (Å²) in [6.07, 6.45) is 2.97. The van der Waals surface area contributed by atoms with Crippen molar-refractivity contribution < 1.29 is 13.2 Å². The van der Waals surface area contributed by atoms with E-state index in [1.54, 1.807) is 4.90 Å². The molecule has 1 heterocycles. The Bertz CT molecular complexity index is 431. The van der Waals surface area contributed by atoms with Crippen LogP contribution in [0.25, 0.3) is 0 Å². The minimum absolute atomic E-state index is 0.0195. The third kappa shape index (κ3) is 3.25. The van der Waals surface area contributed by atoms with Gasteiger partial charge in [0.15, 0.2) is 0 Å². The van der Waals surface area contributed by atoms with Crippen molar-refractivity contribution in [1.29, 1.82) is 0 Å². The van der Waals surface area contributed by atoms with Gasteiger partial charge in [0, 0.05) is 32.1 Å². The molecule has 0 radical (unpaired) electrons. The van der Waals surface area contributed by atoms with Crippen LogP contribution in [0.3, 0.4) is 0 Å². The smallest absolute Gasteiger partial charge is 0.277 e. The molecule has 0 spiro atoms. The van der Waals surface area contributed by atoms with Crippen molar-refractivity contribution in [2.24, 2.45) is 22.7 Å². The van der Waals surface area contributed by atoms with E-state index in [1.807, 2.05) is 0 Å². The fourth-order valence-corrected chi connectivity index (χ4v) is 3.71. The fourth-order valence-electron chi connectivity index (χ4n) is 3.04. The maximum atomic E-state index is 12.4. The summed E-state index contributed by atoms with van der Waals surface area (Å²) in [5.41, 5.74) is 5.70. The molecule has 2 unspecified atom stereocenters. The Kier molecular flexibility index (Phi) is 4.44. The van der Waals surface area contributed by atoms with Gasteiger partial charge in [-0.25, -0.2) is 5.14 Å². The topological polar surface area (TPSA) is 110 Å². The second kappa shape index (κ2) is 5.74. The number of amides is 1. The molecule has 0 aromatic carbocycles. The Morgan fingerprint density at radius 2 is 1.79 bits per heavy atom. The van der Waals surface area contributed by atoms with E-state index in [2.05, 4.69) is 0 Å². The van der Waals surface area contributed by atoms with Crippen molar-refractivity contribution >= 4 is 16.1 Å². The highest BCUT2D eigenvalue weighted by atomic mass is 32.2. The van der Waals surface area contributed by atoms with E-state index in [0.29, 0.717) is 19.6 Å². The Hall–Kier alpha value is -0.700. The molecule has 1 amide bonds. The molecule has 8 heteroatoms. The highest BCUT2D eigenvalue weighted by molar-refractivity contribution is 7.86. The first-order valence-corrected chi connectivity index (χ1v) is 8.20. The zero-order valence-corrected chi connectivity index (χ0v) is 11.8. The van der Waals surface area contributed by atoms with Crippen LogP contribution in [-0.4, -0.2) is 56.3 Å². The third-order valence-corrected chi connectivity index (χ3v) is 5.27. The average Bonchev–Trinajstić information content (AvgIpc) is 2.85. The van der Waals surface area contributed by atoms with Crippen LogP contribution >= 0.6 is 0 Å². The first-order chi connectivity index (χ1) is 8.93. The molecule has 1 saturated heterocycles. The van der Waals surface area contributed by atoms with E-state index in [0.717, 1.165) is 19.3 Å². The number of hydrogen-bond donors (Lipinski definition) is 2. The van der Waals surface area contributed by atoms with Gasteiger partial charge in [0.2, 0.25) is 5.91 Å². The normalized spacial score (nSPS) is 29.7. The monoisotopic (exact) mass is 290 g/mol. The zero-order valence-electron chi connectivity index (χ0n) is 11.0. The van der Waals surface area contributed by atoms with E-state index in [-0.39, 0.29) is 30.8 Å². The van der Waals surface area contributed by atoms with Crippen LogP contribution in [0.4, 0.5) is 0 Å². The van der Waals surface area contributed by atoms with Gasteiger partial charge < -0.3 is 10.6 Å². The molecule has 2 aliphatic rings. The summed E-state index contributed by atoms with van der Waals surface area (Å²) in [5, 5.41) is 5.08. The molecule has 7 nitrogen and oxygen atoms in total. The molecule has 2 fully saturated rings. The molecule has 1 aliphatic heterocycles. The molecule has 4 N–H and O–H groups in total. The quantitative estimate of drug-likeness (QED) is 0.673. The van der Waals surface area contributed by atoms with Crippen LogP contribution in [0.15, 0.2) is 0 Å². The van der Waals surface area contributed by atoms with Gasteiger partial charge in [0.1, 0.15) is 0 Å². The summed E-state index contributed by atoms with van der Waals surface area (Å²) >= 11 is 0. The predicted molar refractivity (Wildman–Crippen MR) is 71.1 cm³/mol. The van der Waals surface area contributed by atoms with E-state index < -0.39 is 10.2 Å². The van der Waals surface area contributed by atoms with Crippen LogP contribution in [0.1, 0.15) is 19.3 Å². The van der Waals surface area contributed by atoms with Crippen LogP contribution in [0, 0.1) is 11.8 Å². The van der Waals surface area contributed by atoms with Crippen molar-refractivity contribution in [1.82, 2.24) is 9.21 Å². The van der Waals surface area contributed by atoms with Gasteiger partial charge in [-0.3, -0.25) is 4.79 Å². The Morgan fingerprint density at radius 1 is 1.16 bits per heavy atom. The number of hydrogen-bond acceptors (Lipinski definition) is 4. The second-order valence-corrected chi connectivity index (χ2v) is 6.85. The van der Waals surface area contributed by atoms with Gasteiger partial charge in [-0.15, -0.1) is 0 Å². The van der Waals surface area contributed by atoms with Gasteiger partial charge in [-0.1, -0.05) is 6.42 Å². The lowest BCUT2D eigenvalue weighted by atomic mass is 9.94. The van der Waals surface area contributed by atoms with E-state index in [9.17, 15) is 13.2 Å². The number of carbonyl (C=O) groups excluding carboxylic acids is 1. The van der Waals surface area contributed by atoms with Crippen LogP contribution in [-0.2, 0) is 15.0 Å². The molecule has 1 aliphatic carbocycles.